The molecule has 2 N–H and O–H groups in total. The average molecular weight is 486 g/mol. The van der Waals surface area contributed by atoms with E-state index in [2.05, 4.69) is 10.0 Å². The number of nitrogens with one attached hydrogen (secondary N) is 2. The fourth-order valence-corrected chi connectivity index (χ4v) is 4.87. The fourth-order valence-electron chi connectivity index (χ4n) is 3.05. The van der Waals surface area contributed by atoms with Crippen LogP contribution in [0.3, 0.4) is 0 Å². The van der Waals surface area contributed by atoms with Crippen molar-refractivity contribution in [1.82, 2.24) is 14.9 Å². The van der Waals surface area contributed by atoms with Crippen LogP contribution in [0.1, 0.15) is 17.7 Å². The summed E-state index contributed by atoms with van der Waals surface area (Å²) in [5.41, 5.74) is 0. The molecule has 1 saturated heterocycles. The van der Waals surface area contributed by atoms with Gasteiger partial charge in [-0.15, -0.1) is 11.3 Å². The minimum Gasteiger partial charge on any atom is -0.376 e. The minimum absolute atomic E-state index is 0.00316. The van der Waals surface area contributed by atoms with Crippen LogP contribution in [0.25, 0.3) is 0 Å². The first-order valence-corrected chi connectivity index (χ1v) is 12.5. The molecule has 0 spiro atoms. The smallest absolute Gasteiger partial charge is 0.241 e. The van der Waals surface area contributed by atoms with Crippen LogP contribution in [-0.2, 0) is 30.9 Å². The molecular weight excluding hydrogens is 462 g/mol. The number of ether oxygens (including phenoxy) is 1. The van der Waals surface area contributed by atoms with E-state index in [0.29, 0.717) is 18.2 Å². The third kappa shape index (κ3) is 7.29. The second kappa shape index (κ2) is 11.1. The highest BCUT2D eigenvalue weighted by Crippen LogP contribution is 2.15. The van der Waals surface area contributed by atoms with E-state index in [1.807, 2.05) is 17.5 Å². The lowest BCUT2D eigenvalue weighted by Crippen LogP contribution is -2.45. The van der Waals surface area contributed by atoms with E-state index in [1.54, 1.807) is 0 Å². The van der Waals surface area contributed by atoms with Crippen molar-refractivity contribution < 1.29 is 22.7 Å². The molecule has 3 rings (SSSR count). The highest BCUT2D eigenvalue weighted by Gasteiger charge is 2.22. The molecule has 0 radical (unpaired) electrons. The maximum absolute atomic E-state index is 12.8. The Morgan fingerprint density at radius 2 is 2.00 bits per heavy atom. The Labute approximate surface area is 190 Å². The van der Waals surface area contributed by atoms with Crippen LogP contribution in [0, 0.1) is 0 Å². The highest BCUT2D eigenvalue weighted by molar-refractivity contribution is 7.89. The zero-order valence-electron chi connectivity index (χ0n) is 16.8. The van der Waals surface area contributed by atoms with Gasteiger partial charge >= 0.3 is 0 Å². The van der Waals surface area contributed by atoms with Gasteiger partial charge in [-0.1, -0.05) is 17.7 Å². The monoisotopic (exact) mass is 485 g/mol. The van der Waals surface area contributed by atoms with Crippen molar-refractivity contribution in [2.24, 2.45) is 0 Å². The summed E-state index contributed by atoms with van der Waals surface area (Å²) in [7, 11) is -3.89. The molecule has 1 atom stereocenters. The molecule has 1 aromatic heterocycles. The van der Waals surface area contributed by atoms with Gasteiger partial charge in [0, 0.05) is 23.1 Å². The molecule has 0 saturated carbocycles. The summed E-state index contributed by atoms with van der Waals surface area (Å²) < 4.78 is 32.7. The van der Waals surface area contributed by atoms with E-state index < -0.39 is 22.5 Å². The van der Waals surface area contributed by atoms with Crippen LogP contribution in [0.4, 0.5) is 0 Å². The molecule has 8 nitrogen and oxygen atoms in total. The van der Waals surface area contributed by atoms with Gasteiger partial charge in [-0.3, -0.25) is 9.59 Å². The highest BCUT2D eigenvalue weighted by atomic mass is 35.5. The summed E-state index contributed by atoms with van der Waals surface area (Å²) in [6, 6.07) is 9.34. The number of sulfonamides is 1. The van der Waals surface area contributed by atoms with Crippen LogP contribution in [0.2, 0.25) is 5.02 Å². The van der Waals surface area contributed by atoms with Crippen molar-refractivity contribution in [3.63, 3.8) is 0 Å². The minimum atomic E-state index is -3.89. The first kappa shape index (κ1) is 23.7. The second-order valence-electron chi connectivity index (χ2n) is 7.05. The van der Waals surface area contributed by atoms with E-state index >= 15 is 0 Å². The lowest BCUT2D eigenvalue weighted by atomic mass is 10.2. The van der Waals surface area contributed by atoms with Gasteiger partial charge in [0.15, 0.2) is 0 Å². The molecule has 0 bridgehead atoms. The van der Waals surface area contributed by atoms with Crippen LogP contribution in [-0.4, -0.2) is 57.5 Å². The van der Waals surface area contributed by atoms with Crippen LogP contribution in [0.5, 0.6) is 0 Å². The standard InChI is InChI=1S/C20H24ClN3O5S2/c21-15-5-7-18(8-6-15)31(27,28)23-12-20(26)24(13-17-4-2-10-30-17)14-19(25)22-11-16-3-1-9-29-16/h2,4-8,10,16,23H,1,3,9,11-14H2,(H,22,25). The third-order valence-electron chi connectivity index (χ3n) is 4.70. The number of halogens is 1. The molecule has 1 aliphatic rings. The lowest BCUT2D eigenvalue weighted by molar-refractivity contribution is -0.135. The van der Waals surface area contributed by atoms with Gasteiger partial charge in [-0.05, 0) is 48.6 Å². The number of nitrogens with zero attached hydrogens (tertiary/aromatic N) is 1. The van der Waals surface area contributed by atoms with E-state index in [9.17, 15) is 18.0 Å². The molecule has 168 valence electrons. The van der Waals surface area contributed by atoms with E-state index in [4.69, 9.17) is 16.3 Å². The number of hydrogen-bond acceptors (Lipinski definition) is 6. The van der Waals surface area contributed by atoms with Crippen LogP contribution in [0.15, 0.2) is 46.7 Å². The molecule has 1 aliphatic heterocycles. The fraction of sp³-hybridized carbons (Fsp3) is 0.400. The number of carbonyl (C=O) groups is 2. The van der Waals surface area contributed by atoms with E-state index in [1.165, 1.54) is 40.5 Å². The van der Waals surface area contributed by atoms with Crippen molar-refractivity contribution in [2.45, 2.75) is 30.4 Å². The summed E-state index contributed by atoms with van der Waals surface area (Å²) >= 11 is 7.25. The Bertz CT molecular complexity index is 975. The number of thiophene rings is 1. The molecule has 2 aromatic rings. The van der Waals surface area contributed by atoms with Crippen LogP contribution < -0.4 is 10.0 Å². The van der Waals surface area contributed by atoms with Crippen molar-refractivity contribution in [3.8, 4) is 0 Å². The molecule has 1 fully saturated rings. The van der Waals surface area contributed by atoms with Crippen molar-refractivity contribution in [2.75, 3.05) is 26.2 Å². The maximum atomic E-state index is 12.8. The van der Waals surface area contributed by atoms with Gasteiger partial charge in [0.05, 0.1) is 30.6 Å². The van der Waals surface area contributed by atoms with Gasteiger partial charge in [-0.2, -0.15) is 0 Å². The van der Waals surface area contributed by atoms with Gasteiger partial charge in [0.25, 0.3) is 0 Å². The largest absolute Gasteiger partial charge is 0.376 e. The molecule has 11 heteroatoms. The second-order valence-corrected chi connectivity index (χ2v) is 10.3. The quantitative estimate of drug-likeness (QED) is 0.535. The summed E-state index contributed by atoms with van der Waals surface area (Å²) in [5, 5.41) is 5.07. The zero-order valence-corrected chi connectivity index (χ0v) is 19.1. The van der Waals surface area contributed by atoms with Crippen LogP contribution >= 0.6 is 22.9 Å². The molecule has 0 aliphatic carbocycles. The number of benzene rings is 1. The Morgan fingerprint density at radius 3 is 2.65 bits per heavy atom. The van der Waals surface area contributed by atoms with Crippen molar-refractivity contribution >= 4 is 44.8 Å². The van der Waals surface area contributed by atoms with Gasteiger partial charge < -0.3 is 15.0 Å². The van der Waals surface area contributed by atoms with Gasteiger partial charge in [0.1, 0.15) is 0 Å². The summed E-state index contributed by atoms with van der Waals surface area (Å²) in [5.74, 6) is -0.820. The predicted octanol–water partition coefficient (Wildman–Crippen LogP) is 2.00. The first-order valence-electron chi connectivity index (χ1n) is 9.77. The molecule has 2 amide bonds. The molecule has 31 heavy (non-hydrogen) atoms. The molecule has 1 aromatic carbocycles. The summed E-state index contributed by atoms with van der Waals surface area (Å²) in [6.45, 7) is 0.661. The molecule has 1 unspecified atom stereocenters. The molecule has 2 heterocycles. The van der Waals surface area contributed by atoms with E-state index in [0.717, 1.165) is 17.7 Å². The van der Waals surface area contributed by atoms with Crippen molar-refractivity contribution in [1.29, 1.82) is 0 Å². The topological polar surface area (TPSA) is 105 Å². The maximum Gasteiger partial charge on any atom is 0.241 e. The van der Waals surface area contributed by atoms with Gasteiger partial charge in [-0.25, -0.2) is 13.1 Å². The Kier molecular flexibility index (Phi) is 8.44. The molecular formula is C20H24ClN3O5S2. The predicted molar refractivity (Wildman–Crippen MR) is 118 cm³/mol. The number of amides is 2. The lowest BCUT2D eigenvalue weighted by Gasteiger charge is -2.22. The van der Waals surface area contributed by atoms with Gasteiger partial charge in [0.2, 0.25) is 21.8 Å². The SMILES string of the molecule is O=C(CN(Cc1cccs1)C(=O)CNS(=O)(=O)c1ccc(Cl)cc1)NCC1CCCO1. The Hall–Kier alpha value is -1.98. The van der Waals surface area contributed by atoms with Crippen molar-refractivity contribution in [3.05, 3.63) is 51.7 Å². The summed E-state index contributed by atoms with van der Waals surface area (Å²) in [6.07, 6.45) is 1.86. The Morgan fingerprint density at radius 1 is 1.23 bits per heavy atom. The summed E-state index contributed by atoms with van der Waals surface area (Å²) in [4.78, 5) is 27.4. The number of hydrogen-bond donors (Lipinski definition) is 2. The van der Waals surface area contributed by atoms with E-state index in [-0.39, 0.29) is 30.0 Å². The average Bonchev–Trinajstić information content (AvgIpc) is 3.44. The normalized spacial score (nSPS) is 16.2. The third-order valence-corrected chi connectivity index (χ3v) is 7.23. The first-order chi connectivity index (χ1) is 14.8. The number of carbonyl (C=O) groups excluding carboxylic acids is 2. The Balaban J connectivity index is 1.59. The zero-order chi connectivity index (χ0) is 22.3. The number of rotatable bonds is 10.